The first-order valence-corrected chi connectivity index (χ1v) is 4.14. The van der Waals surface area contributed by atoms with E-state index in [2.05, 4.69) is 16.6 Å². The van der Waals surface area contributed by atoms with Crippen molar-refractivity contribution in [2.24, 2.45) is 0 Å². The fraction of sp³-hybridized carbons (Fsp3) is 0.375. The van der Waals surface area contributed by atoms with Crippen molar-refractivity contribution in [3.05, 3.63) is 12.7 Å². The lowest BCUT2D eigenvalue weighted by Gasteiger charge is -2.06. The van der Waals surface area contributed by atoms with Crippen molar-refractivity contribution >= 4 is 17.9 Å². The van der Waals surface area contributed by atoms with E-state index in [4.69, 9.17) is 0 Å². The van der Waals surface area contributed by atoms with E-state index in [1.807, 2.05) is 10.9 Å². The van der Waals surface area contributed by atoms with Crippen LogP contribution in [0.3, 0.4) is 0 Å². The molecule has 3 amide bonds. The lowest BCUT2D eigenvalue weighted by Crippen LogP contribution is -2.49. The second-order valence-electron chi connectivity index (χ2n) is 2.40. The van der Waals surface area contributed by atoms with E-state index < -0.39 is 17.9 Å². The summed E-state index contributed by atoms with van der Waals surface area (Å²) in [6, 6.07) is -0.617. The molecular formula is C8H13N3O4. The van der Waals surface area contributed by atoms with Crippen LogP contribution in [-0.4, -0.2) is 31.6 Å². The molecule has 0 aromatic carbocycles. The van der Waals surface area contributed by atoms with Gasteiger partial charge in [-0.2, -0.15) is 0 Å². The number of carbonyl (C=O) groups is 3. The molecule has 7 nitrogen and oxygen atoms in total. The van der Waals surface area contributed by atoms with Gasteiger partial charge in [0, 0.05) is 6.54 Å². The van der Waals surface area contributed by atoms with Gasteiger partial charge in [0.15, 0.2) is 0 Å². The van der Waals surface area contributed by atoms with E-state index >= 15 is 0 Å². The first kappa shape index (κ1) is 12.9. The molecule has 7 heteroatoms. The molecule has 0 unspecified atom stereocenters. The smallest absolute Gasteiger partial charge is 0.398 e. The molecule has 84 valence electrons. The second-order valence-corrected chi connectivity index (χ2v) is 2.40. The Kier molecular flexibility index (Phi) is 6.36. The summed E-state index contributed by atoms with van der Waals surface area (Å²) in [7, 11) is 1.06. The number of amides is 3. The number of hydrogen-bond donors (Lipinski definition) is 3. The van der Waals surface area contributed by atoms with E-state index in [0.717, 1.165) is 7.11 Å². The Bertz CT molecular complexity index is 265. The van der Waals surface area contributed by atoms with Crippen LogP contribution in [0.4, 0.5) is 4.79 Å². The highest BCUT2D eigenvalue weighted by molar-refractivity contribution is 6.32. The van der Waals surface area contributed by atoms with Crippen LogP contribution in [0.25, 0.3) is 0 Å². The molecule has 0 saturated carbocycles. The fourth-order valence-corrected chi connectivity index (χ4v) is 0.589. The highest BCUT2D eigenvalue weighted by atomic mass is 16.5. The summed E-state index contributed by atoms with van der Waals surface area (Å²) >= 11 is 0. The molecule has 0 rings (SSSR count). The molecule has 0 aliphatic carbocycles. The van der Waals surface area contributed by atoms with E-state index in [-0.39, 0.29) is 0 Å². The number of carbonyl (C=O) groups excluding carboxylic acids is 3. The Hall–Kier alpha value is -2.05. The number of hydrazine groups is 1. The highest BCUT2D eigenvalue weighted by Gasteiger charge is 2.13. The Balaban J connectivity index is 3.66. The molecule has 15 heavy (non-hydrogen) atoms. The molecule has 0 radical (unpaired) electrons. The van der Waals surface area contributed by atoms with Crippen LogP contribution < -0.4 is 16.2 Å². The topological polar surface area (TPSA) is 96.5 Å². The minimum Gasteiger partial charge on any atom is -0.462 e. The van der Waals surface area contributed by atoms with E-state index in [0.29, 0.717) is 13.0 Å². The van der Waals surface area contributed by atoms with Crippen LogP contribution in [0.2, 0.25) is 0 Å². The van der Waals surface area contributed by atoms with E-state index in [1.165, 1.54) is 0 Å². The zero-order valence-electron chi connectivity index (χ0n) is 8.33. The molecule has 0 aliphatic heterocycles. The molecule has 0 fully saturated rings. The molecule has 0 aromatic heterocycles. The Morgan fingerprint density at radius 1 is 1.33 bits per heavy atom. The van der Waals surface area contributed by atoms with Gasteiger partial charge in [-0.1, -0.05) is 6.08 Å². The SMILES string of the molecule is C=CCCNC(=O)NNC(=O)C(=O)OC. The molecule has 0 heterocycles. The summed E-state index contributed by atoms with van der Waals surface area (Å²) in [5.74, 6) is -2.13. The molecule has 3 N–H and O–H groups in total. The third-order valence-corrected chi connectivity index (χ3v) is 1.29. The maximum atomic E-state index is 10.9. The van der Waals surface area contributed by atoms with Crippen molar-refractivity contribution in [3.63, 3.8) is 0 Å². The number of ether oxygens (including phenoxy) is 1. The number of urea groups is 1. The Labute approximate surface area is 86.8 Å². The third-order valence-electron chi connectivity index (χ3n) is 1.29. The van der Waals surface area contributed by atoms with Crippen LogP contribution >= 0.6 is 0 Å². The summed E-state index contributed by atoms with van der Waals surface area (Å²) in [5.41, 5.74) is 3.83. The second kappa shape index (κ2) is 7.36. The van der Waals surface area contributed by atoms with Gasteiger partial charge in [0.2, 0.25) is 0 Å². The normalized spacial score (nSPS) is 8.60. The quantitative estimate of drug-likeness (QED) is 0.186. The molecule has 0 saturated heterocycles. The lowest BCUT2D eigenvalue weighted by atomic mass is 10.4. The molecule has 0 bridgehead atoms. The summed E-state index contributed by atoms with van der Waals surface area (Å²) in [6.45, 7) is 3.86. The van der Waals surface area contributed by atoms with Gasteiger partial charge in [-0.15, -0.1) is 6.58 Å². The van der Waals surface area contributed by atoms with Crippen LogP contribution in [0.1, 0.15) is 6.42 Å². The van der Waals surface area contributed by atoms with Gasteiger partial charge in [-0.25, -0.2) is 15.0 Å². The zero-order chi connectivity index (χ0) is 11.7. The van der Waals surface area contributed by atoms with Gasteiger partial charge in [-0.3, -0.25) is 10.2 Å². The maximum absolute atomic E-state index is 10.9. The van der Waals surface area contributed by atoms with Gasteiger partial charge in [-0.05, 0) is 6.42 Å². The minimum absolute atomic E-state index is 0.392. The molecule has 0 aliphatic rings. The van der Waals surface area contributed by atoms with Crippen molar-refractivity contribution in [2.75, 3.05) is 13.7 Å². The summed E-state index contributed by atoms with van der Waals surface area (Å²) in [5, 5.41) is 2.41. The number of methoxy groups -OCH3 is 1. The largest absolute Gasteiger partial charge is 0.462 e. The summed E-state index contributed by atoms with van der Waals surface area (Å²) in [4.78, 5) is 32.2. The van der Waals surface area contributed by atoms with Gasteiger partial charge >= 0.3 is 17.9 Å². The Morgan fingerprint density at radius 3 is 2.53 bits per heavy atom. The van der Waals surface area contributed by atoms with Gasteiger partial charge < -0.3 is 10.1 Å². The third kappa shape index (κ3) is 6.08. The fourth-order valence-electron chi connectivity index (χ4n) is 0.589. The zero-order valence-corrected chi connectivity index (χ0v) is 8.33. The van der Waals surface area contributed by atoms with Gasteiger partial charge in [0.1, 0.15) is 0 Å². The standard InChI is InChI=1S/C8H13N3O4/c1-3-4-5-9-8(14)11-10-6(12)7(13)15-2/h3H,1,4-5H2,2H3,(H,10,12)(H2,9,11,14). The van der Waals surface area contributed by atoms with Crippen molar-refractivity contribution in [1.82, 2.24) is 16.2 Å². The average molecular weight is 215 g/mol. The van der Waals surface area contributed by atoms with Crippen molar-refractivity contribution in [1.29, 1.82) is 0 Å². The van der Waals surface area contributed by atoms with Crippen LogP contribution in [0, 0.1) is 0 Å². The average Bonchev–Trinajstić information content (AvgIpc) is 2.25. The minimum atomic E-state index is -1.08. The molecule has 0 aromatic rings. The molecule has 0 spiro atoms. The number of nitrogens with one attached hydrogen (secondary N) is 3. The van der Waals surface area contributed by atoms with Crippen molar-refractivity contribution < 1.29 is 19.1 Å². The van der Waals surface area contributed by atoms with Crippen LogP contribution in [0.15, 0.2) is 12.7 Å². The monoisotopic (exact) mass is 215 g/mol. The predicted molar refractivity (Wildman–Crippen MR) is 51.5 cm³/mol. The van der Waals surface area contributed by atoms with Crippen molar-refractivity contribution in [2.45, 2.75) is 6.42 Å². The summed E-state index contributed by atoms with van der Waals surface area (Å²) < 4.78 is 4.11. The summed E-state index contributed by atoms with van der Waals surface area (Å²) in [6.07, 6.45) is 2.24. The first-order valence-electron chi connectivity index (χ1n) is 4.14. The predicted octanol–water partition coefficient (Wildman–Crippen LogP) is -0.934. The van der Waals surface area contributed by atoms with Crippen LogP contribution in [-0.2, 0) is 14.3 Å². The lowest BCUT2D eigenvalue weighted by molar-refractivity contribution is -0.153. The van der Waals surface area contributed by atoms with Gasteiger partial charge in [0.05, 0.1) is 7.11 Å². The van der Waals surface area contributed by atoms with E-state index in [9.17, 15) is 14.4 Å². The molecule has 0 atom stereocenters. The van der Waals surface area contributed by atoms with Crippen LogP contribution in [0.5, 0.6) is 0 Å². The maximum Gasteiger partial charge on any atom is 0.398 e. The number of hydrogen-bond acceptors (Lipinski definition) is 4. The Morgan fingerprint density at radius 2 is 2.00 bits per heavy atom. The van der Waals surface area contributed by atoms with E-state index in [1.54, 1.807) is 6.08 Å². The first-order chi connectivity index (χ1) is 7.11. The van der Waals surface area contributed by atoms with Crippen molar-refractivity contribution in [3.8, 4) is 0 Å². The number of esters is 1. The van der Waals surface area contributed by atoms with Gasteiger partial charge in [0.25, 0.3) is 0 Å². The number of rotatable bonds is 3. The molecular weight excluding hydrogens is 202 g/mol. The highest BCUT2D eigenvalue weighted by Crippen LogP contribution is 1.75.